The van der Waals surface area contributed by atoms with Crippen molar-refractivity contribution in [1.29, 1.82) is 0 Å². The second-order valence-corrected chi connectivity index (χ2v) is 2.98. The maximum absolute atomic E-state index is 10.4. The van der Waals surface area contributed by atoms with Crippen molar-refractivity contribution in [1.82, 2.24) is 0 Å². The highest BCUT2D eigenvalue weighted by atomic mass is 32.2. The maximum atomic E-state index is 10.4. The lowest BCUT2D eigenvalue weighted by Crippen LogP contribution is -1.90. The van der Waals surface area contributed by atoms with Crippen molar-refractivity contribution in [3.8, 4) is 0 Å². The smallest absolute Gasteiger partial charge is 0.0682 e. The molecule has 3 nitrogen and oxygen atoms in total. The molecule has 0 saturated heterocycles. The Labute approximate surface area is 67.0 Å². The van der Waals surface area contributed by atoms with E-state index in [0.29, 0.717) is 5.56 Å². The molecule has 0 aliphatic rings. The van der Waals surface area contributed by atoms with Crippen LogP contribution in [0.3, 0.4) is 0 Å². The number of rotatable bonds is 2. The fraction of sp³-hybridized carbons (Fsp3) is 0.143. The standard InChI is InChI=1S/C7H8O3S/c8-5-6-2-1-3-7(4-6)11(9)10/h1-4,8H,5H2,(H,9,10)/p-1. The van der Waals surface area contributed by atoms with Gasteiger partial charge < -0.3 is 9.66 Å². The molecule has 4 heteroatoms. The Morgan fingerprint density at radius 3 is 2.82 bits per heavy atom. The van der Waals surface area contributed by atoms with Crippen LogP contribution >= 0.6 is 0 Å². The van der Waals surface area contributed by atoms with Crippen LogP contribution in [0.1, 0.15) is 5.56 Å². The van der Waals surface area contributed by atoms with Crippen LogP contribution in [0.2, 0.25) is 0 Å². The Bertz CT molecular complexity index is 272. The van der Waals surface area contributed by atoms with Crippen molar-refractivity contribution in [2.45, 2.75) is 11.5 Å². The van der Waals surface area contributed by atoms with Gasteiger partial charge in [0.25, 0.3) is 0 Å². The monoisotopic (exact) mass is 171 g/mol. The SMILES string of the molecule is O=S([O-])c1cccc(CO)c1. The van der Waals surface area contributed by atoms with Crippen molar-refractivity contribution in [2.75, 3.05) is 0 Å². The molecule has 1 unspecified atom stereocenters. The molecule has 1 atom stereocenters. The predicted molar refractivity (Wildman–Crippen MR) is 39.6 cm³/mol. The molecule has 0 saturated carbocycles. The first-order valence-electron chi connectivity index (χ1n) is 3.03. The van der Waals surface area contributed by atoms with E-state index in [1.54, 1.807) is 12.1 Å². The molecule has 0 bridgehead atoms. The molecule has 0 fully saturated rings. The van der Waals surface area contributed by atoms with E-state index in [2.05, 4.69) is 0 Å². The van der Waals surface area contributed by atoms with Crippen LogP contribution in [0, 0.1) is 0 Å². The van der Waals surface area contributed by atoms with Gasteiger partial charge in [0, 0.05) is 4.90 Å². The van der Waals surface area contributed by atoms with Gasteiger partial charge >= 0.3 is 0 Å². The molecule has 0 amide bonds. The van der Waals surface area contributed by atoms with Gasteiger partial charge in [0.2, 0.25) is 0 Å². The molecule has 11 heavy (non-hydrogen) atoms. The predicted octanol–water partition coefficient (Wildman–Crippen LogP) is 0.417. The first-order valence-corrected chi connectivity index (χ1v) is 4.10. The van der Waals surface area contributed by atoms with Gasteiger partial charge in [-0.15, -0.1) is 0 Å². The van der Waals surface area contributed by atoms with Crippen molar-refractivity contribution in [3.05, 3.63) is 29.8 Å². The van der Waals surface area contributed by atoms with Gasteiger partial charge in [-0.25, -0.2) is 0 Å². The van der Waals surface area contributed by atoms with E-state index in [-0.39, 0.29) is 11.5 Å². The largest absolute Gasteiger partial charge is 0.768 e. The zero-order valence-corrected chi connectivity index (χ0v) is 6.50. The van der Waals surface area contributed by atoms with E-state index in [9.17, 15) is 8.76 Å². The van der Waals surface area contributed by atoms with Crippen LogP contribution in [0.4, 0.5) is 0 Å². The highest BCUT2D eigenvalue weighted by molar-refractivity contribution is 7.79. The number of hydrogen-bond acceptors (Lipinski definition) is 3. The van der Waals surface area contributed by atoms with E-state index < -0.39 is 11.1 Å². The fourth-order valence-corrected chi connectivity index (χ4v) is 1.18. The lowest BCUT2D eigenvalue weighted by atomic mass is 10.2. The Hall–Kier alpha value is -0.710. The molecule has 1 aromatic rings. The summed E-state index contributed by atoms with van der Waals surface area (Å²) in [6, 6.07) is 6.17. The molecular weight excluding hydrogens is 164 g/mol. The van der Waals surface area contributed by atoms with E-state index in [1.807, 2.05) is 0 Å². The van der Waals surface area contributed by atoms with Crippen LogP contribution in [-0.4, -0.2) is 13.9 Å². The summed E-state index contributed by atoms with van der Waals surface area (Å²) in [6.45, 7) is -0.134. The second-order valence-electron chi connectivity index (χ2n) is 2.04. The van der Waals surface area contributed by atoms with Crippen LogP contribution in [-0.2, 0) is 17.7 Å². The van der Waals surface area contributed by atoms with Crippen LogP contribution in [0.15, 0.2) is 29.2 Å². The molecule has 0 heterocycles. The Balaban J connectivity index is 3.01. The zero-order valence-electron chi connectivity index (χ0n) is 5.69. The molecule has 0 radical (unpaired) electrons. The van der Waals surface area contributed by atoms with Crippen LogP contribution in [0.5, 0.6) is 0 Å². The Morgan fingerprint density at radius 1 is 1.55 bits per heavy atom. The van der Waals surface area contributed by atoms with Gasteiger partial charge in [-0.05, 0) is 28.8 Å². The number of benzene rings is 1. The molecule has 1 aromatic carbocycles. The van der Waals surface area contributed by atoms with Gasteiger partial charge in [0.05, 0.1) is 6.61 Å². The summed E-state index contributed by atoms with van der Waals surface area (Å²) >= 11 is -2.20. The van der Waals surface area contributed by atoms with Crippen molar-refractivity contribution < 1.29 is 13.9 Å². The molecule has 0 aromatic heterocycles. The Morgan fingerprint density at radius 2 is 2.27 bits per heavy atom. The highest BCUT2D eigenvalue weighted by Crippen LogP contribution is 2.07. The molecule has 0 aliphatic heterocycles. The number of aliphatic hydroxyl groups is 1. The summed E-state index contributed by atoms with van der Waals surface area (Å²) in [4.78, 5) is 0.205. The summed E-state index contributed by atoms with van der Waals surface area (Å²) in [6.07, 6.45) is 0. The summed E-state index contributed by atoms with van der Waals surface area (Å²) in [5.41, 5.74) is 0.603. The minimum atomic E-state index is -2.20. The molecule has 0 aliphatic carbocycles. The van der Waals surface area contributed by atoms with E-state index >= 15 is 0 Å². The van der Waals surface area contributed by atoms with Crippen molar-refractivity contribution in [2.24, 2.45) is 0 Å². The normalized spacial score (nSPS) is 12.9. The van der Waals surface area contributed by atoms with Gasteiger partial charge in [-0.2, -0.15) is 0 Å². The number of aliphatic hydroxyl groups excluding tert-OH is 1. The van der Waals surface area contributed by atoms with E-state index in [1.165, 1.54) is 12.1 Å². The lowest BCUT2D eigenvalue weighted by molar-refractivity contribution is 0.281. The first kappa shape index (κ1) is 8.39. The zero-order chi connectivity index (χ0) is 8.27. The molecule has 1 rings (SSSR count). The third-order valence-corrected chi connectivity index (χ3v) is 1.91. The third-order valence-electron chi connectivity index (χ3n) is 1.27. The minimum Gasteiger partial charge on any atom is -0.768 e. The van der Waals surface area contributed by atoms with Gasteiger partial charge in [-0.3, -0.25) is 4.21 Å². The average molecular weight is 171 g/mol. The van der Waals surface area contributed by atoms with Crippen molar-refractivity contribution in [3.63, 3.8) is 0 Å². The van der Waals surface area contributed by atoms with Gasteiger partial charge in [0.15, 0.2) is 0 Å². The van der Waals surface area contributed by atoms with Gasteiger partial charge in [-0.1, -0.05) is 12.1 Å². The summed E-state index contributed by atoms with van der Waals surface area (Å²) in [5, 5.41) is 8.64. The van der Waals surface area contributed by atoms with E-state index in [0.717, 1.165) is 0 Å². The third kappa shape index (κ3) is 2.11. The summed E-state index contributed by atoms with van der Waals surface area (Å²) in [5.74, 6) is 0. The molecular formula is C7H7O3S-. The molecule has 0 spiro atoms. The Kier molecular flexibility index (Phi) is 2.76. The summed E-state index contributed by atoms with van der Waals surface area (Å²) in [7, 11) is 0. The first-order chi connectivity index (χ1) is 5.24. The average Bonchev–Trinajstić information content (AvgIpc) is 2.05. The van der Waals surface area contributed by atoms with Crippen LogP contribution in [0.25, 0.3) is 0 Å². The maximum Gasteiger partial charge on any atom is 0.0682 e. The fourth-order valence-electron chi connectivity index (χ4n) is 0.748. The van der Waals surface area contributed by atoms with Crippen molar-refractivity contribution >= 4 is 11.1 Å². The van der Waals surface area contributed by atoms with E-state index in [4.69, 9.17) is 5.11 Å². The topological polar surface area (TPSA) is 60.4 Å². The second kappa shape index (κ2) is 3.61. The molecule has 1 N–H and O–H groups in total. The quantitative estimate of drug-likeness (QED) is 0.656. The van der Waals surface area contributed by atoms with Gasteiger partial charge in [0.1, 0.15) is 0 Å². The number of hydrogen-bond donors (Lipinski definition) is 1. The molecule has 60 valence electrons. The lowest BCUT2D eigenvalue weighted by Gasteiger charge is -2.05. The summed E-state index contributed by atoms with van der Waals surface area (Å²) < 4.78 is 20.8. The van der Waals surface area contributed by atoms with Crippen LogP contribution < -0.4 is 0 Å². The minimum absolute atomic E-state index is 0.134. The highest BCUT2D eigenvalue weighted by Gasteiger charge is 1.93.